The van der Waals surface area contributed by atoms with E-state index in [9.17, 15) is 26.0 Å². The van der Waals surface area contributed by atoms with Crippen molar-refractivity contribution in [1.29, 1.82) is 0 Å². The molecule has 0 atom stereocenters. The standard InChI is InChI=1S/C26H27FN4O5S2/c1-37(33,34)14-11-26(32)29-12-9-21(10-13-29)30-17-19(16-28-30)24-18-31(25-15-20(27)7-8-23(24)25)38(35,36)22-5-3-2-4-6-22/h2-8,15-18,21H,9-14H2,1H3. The number of likely N-dealkylation sites (tertiary alicyclic amines) is 1. The molecule has 1 fully saturated rings. The maximum absolute atomic E-state index is 14.2. The quantitative estimate of drug-likeness (QED) is 0.343. The van der Waals surface area contributed by atoms with Crippen molar-refractivity contribution in [2.75, 3.05) is 25.1 Å². The van der Waals surface area contributed by atoms with Gasteiger partial charge in [0, 0.05) is 54.7 Å². The van der Waals surface area contributed by atoms with Gasteiger partial charge in [-0.05, 0) is 43.2 Å². The maximum Gasteiger partial charge on any atom is 0.268 e. The number of rotatable bonds is 7. The fourth-order valence-corrected chi connectivity index (χ4v) is 6.72. The van der Waals surface area contributed by atoms with Gasteiger partial charge in [-0.3, -0.25) is 9.48 Å². The molecule has 12 heteroatoms. The summed E-state index contributed by atoms with van der Waals surface area (Å²) in [5, 5.41) is 5.09. The summed E-state index contributed by atoms with van der Waals surface area (Å²) in [4.78, 5) is 14.2. The monoisotopic (exact) mass is 558 g/mol. The first kappa shape index (κ1) is 26.1. The van der Waals surface area contributed by atoms with Crippen molar-refractivity contribution >= 4 is 36.7 Å². The second-order valence-electron chi connectivity index (χ2n) is 9.52. The lowest BCUT2D eigenvalue weighted by atomic mass is 10.0. The number of aromatic nitrogens is 3. The Morgan fingerprint density at radius 1 is 1.03 bits per heavy atom. The molecular weight excluding hydrogens is 531 g/mol. The van der Waals surface area contributed by atoms with Crippen molar-refractivity contribution in [3.05, 3.63) is 72.9 Å². The Kier molecular flexibility index (Phi) is 6.86. The zero-order valence-corrected chi connectivity index (χ0v) is 22.3. The molecule has 0 bridgehead atoms. The van der Waals surface area contributed by atoms with Crippen LogP contribution < -0.4 is 0 Å². The van der Waals surface area contributed by atoms with Gasteiger partial charge in [-0.15, -0.1) is 0 Å². The highest BCUT2D eigenvalue weighted by molar-refractivity contribution is 7.90. The van der Waals surface area contributed by atoms with Gasteiger partial charge in [0.25, 0.3) is 10.0 Å². The molecule has 2 aromatic carbocycles. The number of fused-ring (bicyclic) bond motifs is 1. The molecule has 0 aliphatic carbocycles. The Balaban J connectivity index is 1.40. The molecule has 9 nitrogen and oxygen atoms in total. The number of hydrogen-bond acceptors (Lipinski definition) is 6. The van der Waals surface area contributed by atoms with Crippen LogP contribution in [0.25, 0.3) is 22.0 Å². The smallest absolute Gasteiger partial charge is 0.268 e. The minimum atomic E-state index is -3.96. The molecule has 38 heavy (non-hydrogen) atoms. The fourth-order valence-electron chi connectivity index (χ4n) is 4.79. The van der Waals surface area contributed by atoms with E-state index in [1.54, 1.807) is 35.4 Å². The van der Waals surface area contributed by atoms with Gasteiger partial charge in [-0.25, -0.2) is 25.2 Å². The van der Waals surface area contributed by atoms with Crippen LogP contribution in [0, 0.1) is 5.82 Å². The predicted molar refractivity (Wildman–Crippen MR) is 141 cm³/mol. The maximum atomic E-state index is 14.2. The number of hydrogen-bond donors (Lipinski definition) is 0. The average Bonchev–Trinajstić information content (AvgIpc) is 3.53. The summed E-state index contributed by atoms with van der Waals surface area (Å²) in [5.74, 6) is -0.874. The van der Waals surface area contributed by atoms with Crippen molar-refractivity contribution in [2.45, 2.75) is 30.2 Å². The lowest BCUT2D eigenvalue weighted by molar-refractivity contribution is -0.132. The largest absolute Gasteiger partial charge is 0.343 e. The third kappa shape index (κ3) is 5.23. The Labute approximate surface area is 220 Å². The SMILES string of the molecule is CS(=O)(=O)CCC(=O)N1CCC(n2cc(-c3cn(S(=O)(=O)c4ccccc4)c4cc(F)ccc34)cn2)CC1. The number of benzene rings is 2. The number of carbonyl (C=O) groups is 1. The van der Waals surface area contributed by atoms with Gasteiger partial charge < -0.3 is 4.90 Å². The van der Waals surface area contributed by atoms with Crippen molar-refractivity contribution in [2.24, 2.45) is 0 Å². The van der Waals surface area contributed by atoms with Crippen LogP contribution >= 0.6 is 0 Å². The third-order valence-corrected chi connectivity index (χ3v) is 9.46. The van der Waals surface area contributed by atoms with E-state index in [1.807, 2.05) is 10.9 Å². The van der Waals surface area contributed by atoms with Crippen LogP contribution in [0.1, 0.15) is 25.3 Å². The summed E-state index contributed by atoms with van der Waals surface area (Å²) in [5.41, 5.74) is 1.53. The Bertz CT molecular complexity index is 1700. The summed E-state index contributed by atoms with van der Waals surface area (Å²) in [6.07, 6.45) is 7.39. The molecule has 0 unspecified atom stereocenters. The molecule has 0 N–H and O–H groups in total. The van der Waals surface area contributed by atoms with Gasteiger partial charge in [0.2, 0.25) is 5.91 Å². The van der Waals surface area contributed by atoms with Gasteiger partial charge in [0.1, 0.15) is 15.7 Å². The second kappa shape index (κ2) is 9.99. The minimum Gasteiger partial charge on any atom is -0.343 e. The van der Waals surface area contributed by atoms with E-state index < -0.39 is 25.7 Å². The van der Waals surface area contributed by atoms with E-state index in [2.05, 4.69) is 5.10 Å². The van der Waals surface area contributed by atoms with Crippen molar-refractivity contribution < 1.29 is 26.0 Å². The number of piperidine rings is 1. The number of amides is 1. The zero-order chi connectivity index (χ0) is 27.1. The zero-order valence-electron chi connectivity index (χ0n) is 20.7. The van der Waals surface area contributed by atoms with E-state index in [-0.39, 0.29) is 34.5 Å². The lowest BCUT2D eigenvalue weighted by Gasteiger charge is -2.32. The van der Waals surface area contributed by atoms with Crippen LogP contribution in [-0.2, 0) is 24.7 Å². The molecule has 5 rings (SSSR count). The molecule has 200 valence electrons. The summed E-state index contributed by atoms with van der Waals surface area (Å²) in [6.45, 7) is 0.993. The Morgan fingerprint density at radius 2 is 1.74 bits per heavy atom. The number of halogens is 1. The molecule has 3 heterocycles. The minimum absolute atomic E-state index is 0.0219. The number of sulfone groups is 1. The van der Waals surface area contributed by atoms with Crippen LogP contribution in [0.5, 0.6) is 0 Å². The molecule has 1 saturated heterocycles. The predicted octanol–water partition coefficient (Wildman–Crippen LogP) is 3.48. The molecule has 4 aromatic rings. The van der Waals surface area contributed by atoms with E-state index >= 15 is 0 Å². The third-order valence-electron chi connectivity index (χ3n) is 6.82. The highest BCUT2D eigenvalue weighted by atomic mass is 32.2. The first-order valence-corrected chi connectivity index (χ1v) is 15.6. The van der Waals surface area contributed by atoms with Gasteiger partial charge in [-0.2, -0.15) is 5.10 Å². The van der Waals surface area contributed by atoms with Crippen LogP contribution in [0.3, 0.4) is 0 Å². The van der Waals surface area contributed by atoms with E-state index in [0.717, 1.165) is 10.2 Å². The molecule has 0 spiro atoms. The summed E-state index contributed by atoms with van der Waals surface area (Å²) in [7, 11) is -7.16. The first-order valence-electron chi connectivity index (χ1n) is 12.1. The van der Waals surface area contributed by atoms with Gasteiger partial charge in [0.05, 0.1) is 28.4 Å². The van der Waals surface area contributed by atoms with E-state index in [4.69, 9.17) is 0 Å². The average molecular weight is 559 g/mol. The van der Waals surface area contributed by atoms with Crippen LogP contribution in [-0.4, -0.2) is 66.5 Å². The summed E-state index contributed by atoms with van der Waals surface area (Å²) in [6, 6.07) is 12.1. The van der Waals surface area contributed by atoms with Gasteiger partial charge in [0.15, 0.2) is 0 Å². The highest BCUT2D eigenvalue weighted by Gasteiger charge is 2.26. The van der Waals surface area contributed by atoms with Crippen molar-refractivity contribution in [1.82, 2.24) is 18.7 Å². The lowest BCUT2D eigenvalue weighted by Crippen LogP contribution is -2.39. The van der Waals surface area contributed by atoms with Gasteiger partial charge in [-0.1, -0.05) is 18.2 Å². The fraction of sp³-hybridized carbons (Fsp3) is 0.308. The molecule has 0 saturated carbocycles. The van der Waals surface area contributed by atoms with Gasteiger partial charge >= 0.3 is 0 Å². The van der Waals surface area contributed by atoms with Crippen molar-refractivity contribution in [3.8, 4) is 11.1 Å². The topological polar surface area (TPSA) is 111 Å². The summed E-state index contributed by atoms with van der Waals surface area (Å²) < 4.78 is 66.6. The van der Waals surface area contributed by atoms with Crippen molar-refractivity contribution in [3.63, 3.8) is 0 Å². The number of carbonyl (C=O) groups excluding carboxylic acids is 1. The molecule has 0 radical (unpaired) electrons. The molecular formula is C26H27FN4O5S2. The normalized spacial score (nSPS) is 15.3. The molecule has 1 aliphatic heterocycles. The molecule has 1 aliphatic rings. The van der Waals surface area contributed by atoms with Crippen LogP contribution in [0.4, 0.5) is 4.39 Å². The second-order valence-corrected chi connectivity index (χ2v) is 13.6. The Hall–Kier alpha value is -3.51. The van der Waals surface area contributed by atoms with E-state index in [1.165, 1.54) is 30.5 Å². The van der Waals surface area contributed by atoms with E-state index in [0.29, 0.717) is 42.4 Å². The van der Waals surface area contributed by atoms with Crippen LogP contribution in [0.2, 0.25) is 0 Å². The highest BCUT2D eigenvalue weighted by Crippen LogP contribution is 2.34. The Morgan fingerprint density at radius 3 is 2.42 bits per heavy atom. The van der Waals surface area contributed by atoms with Crippen LogP contribution in [0.15, 0.2) is 72.0 Å². The summed E-state index contributed by atoms with van der Waals surface area (Å²) >= 11 is 0. The molecule has 1 amide bonds. The number of nitrogens with zero attached hydrogens (tertiary/aromatic N) is 4. The molecule has 2 aromatic heterocycles. The first-order chi connectivity index (χ1) is 18.0.